The number of hydrogen-bond donors (Lipinski definition) is 1. The maximum atomic E-state index is 11.4. The molecule has 0 atom stereocenters. The van der Waals surface area contributed by atoms with Crippen molar-refractivity contribution < 1.29 is 13.2 Å². The van der Waals surface area contributed by atoms with E-state index in [0.29, 0.717) is 19.6 Å². The molecule has 0 fully saturated rings. The molecule has 0 heterocycles. The molecule has 2 N–H and O–H groups in total. The molecular formula is C13H20BrNO3S. The van der Waals surface area contributed by atoms with E-state index in [1.54, 1.807) is 6.92 Å². The van der Waals surface area contributed by atoms with Crippen LogP contribution in [0.3, 0.4) is 0 Å². The highest BCUT2D eigenvalue weighted by atomic mass is 79.9. The van der Waals surface area contributed by atoms with Gasteiger partial charge < -0.3 is 10.5 Å². The molecule has 6 heteroatoms. The van der Waals surface area contributed by atoms with Gasteiger partial charge in [0, 0.05) is 22.3 Å². The first-order chi connectivity index (χ1) is 8.89. The Morgan fingerprint density at radius 3 is 2.63 bits per heavy atom. The zero-order chi connectivity index (χ0) is 14.5. The lowest BCUT2D eigenvalue weighted by Gasteiger charge is -2.14. The Morgan fingerprint density at radius 2 is 2.05 bits per heavy atom. The Labute approximate surface area is 123 Å². The van der Waals surface area contributed by atoms with Crippen LogP contribution in [-0.4, -0.2) is 26.5 Å². The fourth-order valence-electron chi connectivity index (χ4n) is 1.75. The summed E-state index contributed by atoms with van der Waals surface area (Å²) in [5.74, 6) is 1.11. The minimum atomic E-state index is -2.92. The van der Waals surface area contributed by atoms with Gasteiger partial charge in [-0.15, -0.1) is 0 Å². The lowest BCUT2D eigenvalue weighted by atomic mass is 10.1. The summed E-state index contributed by atoms with van der Waals surface area (Å²) in [4.78, 5) is 0. The Hall–Kier alpha value is -0.590. The molecule has 0 saturated heterocycles. The Morgan fingerprint density at radius 1 is 1.37 bits per heavy atom. The molecule has 0 radical (unpaired) electrons. The first-order valence-corrected chi connectivity index (χ1v) is 8.83. The number of sulfone groups is 1. The molecule has 0 aliphatic heterocycles. The molecule has 0 amide bonds. The maximum absolute atomic E-state index is 11.4. The van der Waals surface area contributed by atoms with Crippen LogP contribution in [0.2, 0.25) is 0 Å². The third-order valence-electron chi connectivity index (χ3n) is 2.82. The van der Waals surface area contributed by atoms with E-state index in [9.17, 15) is 8.42 Å². The van der Waals surface area contributed by atoms with Gasteiger partial charge in [-0.2, -0.15) is 0 Å². The van der Waals surface area contributed by atoms with Gasteiger partial charge in [-0.25, -0.2) is 8.42 Å². The summed E-state index contributed by atoms with van der Waals surface area (Å²) in [6.07, 6.45) is 0.496. The Kier molecular flexibility index (Phi) is 6.29. The molecule has 0 saturated carbocycles. The maximum Gasteiger partial charge on any atom is 0.150 e. The summed E-state index contributed by atoms with van der Waals surface area (Å²) in [5, 5.41) is 0. The molecule has 1 aromatic carbocycles. The number of ether oxygens (including phenoxy) is 1. The lowest BCUT2D eigenvalue weighted by molar-refractivity contribution is 0.312. The summed E-state index contributed by atoms with van der Waals surface area (Å²) in [7, 11) is -2.92. The smallest absolute Gasteiger partial charge is 0.150 e. The summed E-state index contributed by atoms with van der Waals surface area (Å²) < 4.78 is 29.4. The van der Waals surface area contributed by atoms with Crippen LogP contribution >= 0.6 is 15.9 Å². The molecule has 0 aliphatic rings. The fraction of sp³-hybridized carbons (Fsp3) is 0.538. The second-order valence-corrected chi connectivity index (χ2v) is 7.74. The monoisotopic (exact) mass is 349 g/mol. The SMILES string of the molecule is CCS(=O)(=O)CCCOc1c(C)cc(Br)cc1CN. The normalized spacial score (nSPS) is 11.6. The van der Waals surface area contributed by atoms with Crippen molar-refractivity contribution in [3.05, 3.63) is 27.7 Å². The second-order valence-electron chi connectivity index (χ2n) is 4.35. The lowest BCUT2D eigenvalue weighted by Crippen LogP contribution is -2.13. The number of nitrogens with two attached hydrogens (primary N) is 1. The molecule has 4 nitrogen and oxygen atoms in total. The first-order valence-electron chi connectivity index (χ1n) is 6.22. The van der Waals surface area contributed by atoms with Gasteiger partial charge in [0.1, 0.15) is 15.6 Å². The fourth-order valence-corrected chi connectivity index (χ4v) is 3.22. The highest BCUT2D eigenvalue weighted by Gasteiger charge is 2.10. The first kappa shape index (κ1) is 16.5. The summed E-state index contributed by atoms with van der Waals surface area (Å²) >= 11 is 3.41. The van der Waals surface area contributed by atoms with E-state index >= 15 is 0 Å². The van der Waals surface area contributed by atoms with Crippen LogP contribution < -0.4 is 10.5 Å². The van der Waals surface area contributed by atoms with Crippen molar-refractivity contribution in [2.75, 3.05) is 18.1 Å². The molecule has 108 valence electrons. The number of hydrogen-bond acceptors (Lipinski definition) is 4. The van der Waals surface area contributed by atoms with E-state index in [1.807, 2.05) is 19.1 Å². The number of rotatable bonds is 7. The highest BCUT2D eigenvalue weighted by Crippen LogP contribution is 2.27. The molecule has 0 unspecified atom stereocenters. The van der Waals surface area contributed by atoms with Crippen molar-refractivity contribution >= 4 is 25.8 Å². The zero-order valence-corrected chi connectivity index (χ0v) is 13.7. The van der Waals surface area contributed by atoms with Crippen molar-refractivity contribution in [3.63, 3.8) is 0 Å². The van der Waals surface area contributed by atoms with Crippen molar-refractivity contribution in [3.8, 4) is 5.75 Å². The topological polar surface area (TPSA) is 69.4 Å². The van der Waals surface area contributed by atoms with Crippen molar-refractivity contribution in [1.82, 2.24) is 0 Å². The largest absolute Gasteiger partial charge is 0.493 e. The number of aryl methyl sites for hydroxylation is 1. The van der Waals surface area contributed by atoms with E-state index in [1.165, 1.54) is 0 Å². The van der Waals surface area contributed by atoms with Gasteiger partial charge in [0.25, 0.3) is 0 Å². The van der Waals surface area contributed by atoms with E-state index in [2.05, 4.69) is 15.9 Å². The third-order valence-corrected chi connectivity index (χ3v) is 5.07. The van der Waals surface area contributed by atoms with E-state index in [4.69, 9.17) is 10.5 Å². The quantitative estimate of drug-likeness (QED) is 0.767. The van der Waals surface area contributed by atoms with Crippen LogP contribution in [0.5, 0.6) is 5.75 Å². The van der Waals surface area contributed by atoms with E-state index in [-0.39, 0.29) is 11.5 Å². The van der Waals surface area contributed by atoms with Crippen LogP contribution in [0.1, 0.15) is 24.5 Å². The second kappa shape index (κ2) is 7.26. The zero-order valence-electron chi connectivity index (χ0n) is 11.3. The Balaban J connectivity index is 2.63. The predicted octanol–water partition coefficient (Wildman–Crippen LogP) is 2.42. The van der Waals surface area contributed by atoms with Crippen LogP contribution in [-0.2, 0) is 16.4 Å². The standard InChI is InChI=1S/C13H20BrNO3S/c1-3-19(16,17)6-4-5-18-13-10(2)7-12(14)8-11(13)9-15/h7-8H,3-6,9,15H2,1-2H3. The predicted molar refractivity (Wildman–Crippen MR) is 81.2 cm³/mol. The average molecular weight is 350 g/mol. The van der Waals surface area contributed by atoms with Gasteiger partial charge in [-0.3, -0.25) is 0 Å². The van der Waals surface area contributed by atoms with E-state index in [0.717, 1.165) is 21.3 Å². The molecule has 0 bridgehead atoms. The van der Waals surface area contributed by atoms with Crippen molar-refractivity contribution in [1.29, 1.82) is 0 Å². The average Bonchev–Trinajstić information content (AvgIpc) is 2.35. The molecular weight excluding hydrogens is 330 g/mol. The van der Waals surface area contributed by atoms with Crippen LogP contribution in [0, 0.1) is 6.92 Å². The van der Waals surface area contributed by atoms with Crippen LogP contribution in [0.4, 0.5) is 0 Å². The van der Waals surface area contributed by atoms with Crippen LogP contribution in [0.15, 0.2) is 16.6 Å². The van der Waals surface area contributed by atoms with Gasteiger partial charge >= 0.3 is 0 Å². The Bertz CT molecular complexity index is 529. The van der Waals surface area contributed by atoms with Gasteiger partial charge in [0.15, 0.2) is 0 Å². The molecule has 0 spiro atoms. The van der Waals surface area contributed by atoms with Crippen molar-refractivity contribution in [2.45, 2.75) is 26.8 Å². The minimum Gasteiger partial charge on any atom is -0.493 e. The summed E-state index contributed by atoms with van der Waals surface area (Å²) in [6.45, 7) is 4.38. The molecule has 0 aromatic heterocycles. The van der Waals surface area contributed by atoms with E-state index < -0.39 is 9.84 Å². The molecule has 0 aliphatic carbocycles. The third kappa shape index (κ3) is 5.12. The van der Waals surface area contributed by atoms with Crippen LogP contribution in [0.25, 0.3) is 0 Å². The molecule has 19 heavy (non-hydrogen) atoms. The van der Waals surface area contributed by atoms with Gasteiger partial charge in [0.05, 0.1) is 12.4 Å². The van der Waals surface area contributed by atoms with Gasteiger partial charge in [-0.05, 0) is 31.0 Å². The molecule has 1 rings (SSSR count). The summed E-state index contributed by atoms with van der Waals surface area (Å²) in [6, 6.07) is 3.88. The van der Waals surface area contributed by atoms with Gasteiger partial charge in [0.2, 0.25) is 0 Å². The number of halogens is 1. The highest BCUT2D eigenvalue weighted by molar-refractivity contribution is 9.10. The summed E-state index contributed by atoms with van der Waals surface area (Å²) in [5.41, 5.74) is 7.60. The van der Waals surface area contributed by atoms with Gasteiger partial charge in [-0.1, -0.05) is 22.9 Å². The molecule has 1 aromatic rings. The van der Waals surface area contributed by atoms with Crippen molar-refractivity contribution in [2.24, 2.45) is 5.73 Å². The number of benzene rings is 1. The minimum absolute atomic E-state index is 0.164.